The molecule has 3 rings (SSSR count). The van der Waals surface area contributed by atoms with Gasteiger partial charge in [0.2, 0.25) is 6.10 Å². The molecule has 1 atom stereocenters. The maximum atomic E-state index is 12.0. The Morgan fingerprint density at radius 1 is 1.06 bits per heavy atom. The molecule has 0 spiro atoms. The van der Waals surface area contributed by atoms with Crippen LogP contribution in [0.2, 0.25) is 5.02 Å². The topological polar surface area (TPSA) is 38.3 Å². The van der Waals surface area contributed by atoms with Crippen molar-refractivity contribution in [3.05, 3.63) is 59.1 Å². The summed E-state index contributed by atoms with van der Waals surface area (Å²) in [6.07, 6.45) is -0.654. The first-order valence-corrected chi connectivity index (χ1v) is 5.94. The first-order valence-electron chi connectivity index (χ1n) is 5.56. The zero-order valence-corrected chi connectivity index (χ0v) is 10.1. The van der Waals surface area contributed by atoms with E-state index in [0.29, 0.717) is 16.5 Å². The monoisotopic (exact) mass is 259 g/mol. The Labute approximate surface area is 109 Å². The van der Waals surface area contributed by atoms with Crippen LogP contribution in [-0.2, 0) is 4.79 Å². The number of hydrogen-bond acceptors (Lipinski definition) is 2. The average molecular weight is 260 g/mol. The van der Waals surface area contributed by atoms with E-state index in [4.69, 9.17) is 16.3 Å². The van der Waals surface area contributed by atoms with Gasteiger partial charge >= 0.3 is 0 Å². The molecule has 1 aliphatic rings. The molecule has 1 amide bonds. The normalized spacial score (nSPS) is 17.6. The third kappa shape index (κ3) is 1.83. The van der Waals surface area contributed by atoms with Gasteiger partial charge in [0.05, 0.1) is 10.7 Å². The molecule has 2 aromatic rings. The number of hydrogen-bond donors (Lipinski definition) is 1. The van der Waals surface area contributed by atoms with Crippen LogP contribution in [0.1, 0.15) is 11.7 Å². The molecule has 1 N–H and O–H groups in total. The molecule has 0 aromatic heterocycles. The van der Waals surface area contributed by atoms with Gasteiger partial charge in [-0.25, -0.2) is 0 Å². The summed E-state index contributed by atoms with van der Waals surface area (Å²) < 4.78 is 5.72. The van der Waals surface area contributed by atoms with Crippen molar-refractivity contribution >= 4 is 23.2 Å². The second kappa shape index (κ2) is 4.35. The highest BCUT2D eigenvalue weighted by Gasteiger charge is 2.30. The number of anilines is 1. The van der Waals surface area contributed by atoms with E-state index in [9.17, 15) is 4.79 Å². The first kappa shape index (κ1) is 11.1. The van der Waals surface area contributed by atoms with Crippen LogP contribution in [0.25, 0.3) is 0 Å². The van der Waals surface area contributed by atoms with Gasteiger partial charge in [0.25, 0.3) is 5.91 Å². The third-order valence-corrected chi connectivity index (χ3v) is 3.10. The predicted molar refractivity (Wildman–Crippen MR) is 69.9 cm³/mol. The molecule has 0 bridgehead atoms. The van der Waals surface area contributed by atoms with Crippen molar-refractivity contribution in [2.45, 2.75) is 6.10 Å². The highest BCUT2D eigenvalue weighted by molar-refractivity contribution is 6.32. The molecule has 0 fully saturated rings. The summed E-state index contributed by atoms with van der Waals surface area (Å²) in [6, 6.07) is 14.6. The van der Waals surface area contributed by atoms with E-state index in [1.54, 1.807) is 18.2 Å². The molecule has 0 unspecified atom stereocenters. The van der Waals surface area contributed by atoms with Gasteiger partial charge in [0.15, 0.2) is 5.75 Å². The second-order valence-electron chi connectivity index (χ2n) is 4.01. The van der Waals surface area contributed by atoms with E-state index < -0.39 is 6.10 Å². The lowest BCUT2D eigenvalue weighted by atomic mass is 10.1. The summed E-state index contributed by atoms with van der Waals surface area (Å²) in [5.74, 6) is 0.337. The van der Waals surface area contributed by atoms with Gasteiger partial charge < -0.3 is 10.1 Å². The molecule has 0 aliphatic carbocycles. The van der Waals surface area contributed by atoms with Crippen LogP contribution in [0.3, 0.4) is 0 Å². The minimum atomic E-state index is -0.654. The average Bonchev–Trinajstić information content (AvgIpc) is 2.39. The number of ether oxygens (including phenoxy) is 1. The van der Waals surface area contributed by atoms with E-state index in [0.717, 1.165) is 5.56 Å². The lowest BCUT2D eigenvalue weighted by Gasteiger charge is -2.26. The summed E-state index contributed by atoms with van der Waals surface area (Å²) in [5, 5.41) is 3.29. The Bertz CT molecular complexity index is 598. The summed E-state index contributed by atoms with van der Waals surface area (Å²) in [5.41, 5.74) is 1.42. The number of halogens is 1. The van der Waals surface area contributed by atoms with Crippen LogP contribution in [0.15, 0.2) is 48.5 Å². The number of carbonyl (C=O) groups excluding carboxylic acids is 1. The Morgan fingerprint density at radius 3 is 2.61 bits per heavy atom. The molecule has 0 saturated carbocycles. The van der Waals surface area contributed by atoms with Crippen molar-refractivity contribution in [2.75, 3.05) is 5.32 Å². The number of para-hydroxylation sites is 1. The van der Waals surface area contributed by atoms with Gasteiger partial charge in [-0.3, -0.25) is 4.79 Å². The fraction of sp³-hybridized carbons (Fsp3) is 0.0714. The van der Waals surface area contributed by atoms with Crippen molar-refractivity contribution in [3.8, 4) is 5.75 Å². The first-order chi connectivity index (χ1) is 8.75. The summed E-state index contributed by atoms with van der Waals surface area (Å²) in [4.78, 5) is 12.0. The van der Waals surface area contributed by atoms with Gasteiger partial charge in [0, 0.05) is 5.56 Å². The molecule has 0 radical (unpaired) electrons. The number of amides is 1. The van der Waals surface area contributed by atoms with Crippen LogP contribution in [0, 0.1) is 0 Å². The summed E-state index contributed by atoms with van der Waals surface area (Å²) in [6.45, 7) is 0. The minimum absolute atomic E-state index is 0.184. The van der Waals surface area contributed by atoms with Crippen LogP contribution in [0.4, 0.5) is 5.69 Å². The van der Waals surface area contributed by atoms with E-state index in [-0.39, 0.29) is 5.91 Å². The van der Waals surface area contributed by atoms with E-state index in [1.807, 2.05) is 30.3 Å². The fourth-order valence-corrected chi connectivity index (χ4v) is 2.16. The number of nitrogens with one attached hydrogen (secondary N) is 1. The number of fused-ring (bicyclic) bond motifs is 1. The van der Waals surface area contributed by atoms with Crippen molar-refractivity contribution in [2.24, 2.45) is 0 Å². The molecular formula is C14H10ClNO2. The minimum Gasteiger partial charge on any atom is -0.472 e. The van der Waals surface area contributed by atoms with Gasteiger partial charge in [0.1, 0.15) is 0 Å². The Kier molecular flexibility index (Phi) is 2.68. The van der Waals surface area contributed by atoms with Gasteiger partial charge in [-0.2, -0.15) is 0 Å². The van der Waals surface area contributed by atoms with Gasteiger partial charge in [-0.1, -0.05) is 48.0 Å². The molecule has 1 aliphatic heterocycles. The largest absolute Gasteiger partial charge is 0.472 e. The lowest BCUT2D eigenvalue weighted by molar-refractivity contribution is -0.123. The number of rotatable bonds is 1. The Morgan fingerprint density at radius 2 is 1.83 bits per heavy atom. The summed E-state index contributed by atoms with van der Waals surface area (Å²) in [7, 11) is 0. The lowest BCUT2D eigenvalue weighted by Crippen LogP contribution is -2.30. The molecule has 2 aromatic carbocycles. The third-order valence-electron chi connectivity index (χ3n) is 2.80. The highest BCUT2D eigenvalue weighted by Crippen LogP contribution is 2.39. The molecule has 0 saturated heterocycles. The SMILES string of the molecule is O=C1Nc2cccc(Cl)c2O[C@@H]1c1ccccc1. The highest BCUT2D eigenvalue weighted by atomic mass is 35.5. The zero-order chi connectivity index (χ0) is 12.5. The molecule has 3 nitrogen and oxygen atoms in total. The van der Waals surface area contributed by atoms with E-state index in [2.05, 4.69) is 5.32 Å². The quantitative estimate of drug-likeness (QED) is 0.852. The van der Waals surface area contributed by atoms with Crippen molar-refractivity contribution in [1.82, 2.24) is 0 Å². The molecule has 4 heteroatoms. The van der Waals surface area contributed by atoms with E-state index in [1.165, 1.54) is 0 Å². The van der Waals surface area contributed by atoms with Crippen LogP contribution >= 0.6 is 11.6 Å². The Balaban J connectivity index is 2.02. The molecule has 90 valence electrons. The Hall–Kier alpha value is -2.00. The van der Waals surface area contributed by atoms with Crippen molar-refractivity contribution in [1.29, 1.82) is 0 Å². The molecule has 1 heterocycles. The van der Waals surface area contributed by atoms with E-state index >= 15 is 0 Å². The van der Waals surface area contributed by atoms with Crippen LogP contribution in [-0.4, -0.2) is 5.91 Å². The van der Waals surface area contributed by atoms with Gasteiger partial charge in [-0.15, -0.1) is 0 Å². The predicted octanol–water partition coefficient (Wildman–Crippen LogP) is 3.41. The fourth-order valence-electron chi connectivity index (χ4n) is 1.94. The maximum Gasteiger partial charge on any atom is 0.270 e. The van der Waals surface area contributed by atoms with Crippen LogP contribution < -0.4 is 10.1 Å². The number of benzene rings is 2. The standard InChI is InChI=1S/C14H10ClNO2/c15-10-7-4-8-11-13(10)18-12(14(17)16-11)9-5-2-1-3-6-9/h1-8,12H,(H,16,17)/t12-/m1/s1. The maximum absolute atomic E-state index is 12.0. The smallest absolute Gasteiger partial charge is 0.270 e. The summed E-state index contributed by atoms with van der Waals surface area (Å²) >= 11 is 6.07. The zero-order valence-electron chi connectivity index (χ0n) is 9.39. The second-order valence-corrected chi connectivity index (χ2v) is 4.42. The van der Waals surface area contributed by atoms with Crippen LogP contribution in [0.5, 0.6) is 5.75 Å². The number of carbonyl (C=O) groups is 1. The molecule has 18 heavy (non-hydrogen) atoms. The van der Waals surface area contributed by atoms with Gasteiger partial charge in [-0.05, 0) is 12.1 Å². The van der Waals surface area contributed by atoms with Crippen molar-refractivity contribution in [3.63, 3.8) is 0 Å². The van der Waals surface area contributed by atoms with Crippen molar-refractivity contribution < 1.29 is 9.53 Å². The molecular weight excluding hydrogens is 250 g/mol.